The van der Waals surface area contributed by atoms with E-state index in [1.807, 2.05) is 18.2 Å². The maximum Gasteiger partial charge on any atom is 0.392 e. The van der Waals surface area contributed by atoms with Crippen molar-refractivity contribution in [1.29, 1.82) is 0 Å². The SMILES string of the molecule is Cc1ccccc1O[Si](C)(C)OCCCC(C)C. The van der Waals surface area contributed by atoms with Gasteiger partial charge in [0.2, 0.25) is 0 Å². The van der Waals surface area contributed by atoms with Gasteiger partial charge in [0.15, 0.2) is 0 Å². The van der Waals surface area contributed by atoms with Gasteiger partial charge in [-0.2, -0.15) is 0 Å². The first-order valence-corrected chi connectivity index (χ1v) is 9.61. The average Bonchev–Trinajstić information content (AvgIpc) is 2.27. The zero-order chi connectivity index (χ0) is 13.6. The van der Waals surface area contributed by atoms with Crippen LogP contribution >= 0.6 is 0 Å². The molecular formula is C15H26O2Si. The van der Waals surface area contributed by atoms with Crippen LogP contribution in [0.4, 0.5) is 0 Å². The maximum absolute atomic E-state index is 6.06. The molecule has 1 aromatic rings. The van der Waals surface area contributed by atoms with E-state index in [1.54, 1.807) is 0 Å². The number of para-hydroxylation sites is 1. The topological polar surface area (TPSA) is 18.5 Å². The molecular weight excluding hydrogens is 240 g/mol. The summed E-state index contributed by atoms with van der Waals surface area (Å²) < 4.78 is 12.0. The lowest BCUT2D eigenvalue weighted by atomic mass is 10.1. The first-order chi connectivity index (χ1) is 8.41. The van der Waals surface area contributed by atoms with Gasteiger partial charge in [-0.25, -0.2) is 0 Å². The minimum absolute atomic E-state index is 0.746. The Balaban J connectivity index is 2.42. The van der Waals surface area contributed by atoms with Crippen LogP contribution in [-0.2, 0) is 4.43 Å². The lowest BCUT2D eigenvalue weighted by Gasteiger charge is -2.25. The molecule has 1 rings (SSSR count). The van der Waals surface area contributed by atoms with Crippen LogP contribution in [0.25, 0.3) is 0 Å². The Morgan fingerprint density at radius 1 is 1.17 bits per heavy atom. The van der Waals surface area contributed by atoms with E-state index in [2.05, 4.69) is 39.9 Å². The summed E-state index contributed by atoms with van der Waals surface area (Å²) in [6.07, 6.45) is 2.33. The molecule has 0 heterocycles. The van der Waals surface area contributed by atoms with Gasteiger partial charge in [0, 0.05) is 6.61 Å². The van der Waals surface area contributed by atoms with E-state index >= 15 is 0 Å². The second kappa shape index (κ2) is 6.95. The van der Waals surface area contributed by atoms with Gasteiger partial charge in [-0.05, 0) is 50.4 Å². The molecule has 0 aliphatic carbocycles. The van der Waals surface area contributed by atoms with E-state index in [1.165, 1.54) is 12.0 Å². The minimum atomic E-state index is -2.05. The molecule has 0 fully saturated rings. The summed E-state index contributed by atoms with van der Waals surface area (Å²) in [5, 5.41) is 0. The molecule has 102 valence electrons. The van der Waals surface area contributed by atoms with Gasteiger partial charge in [-0.1, -0.05) is 32.0 Å². The normalized spacial score (nSPS) is 11.9. The van der Waals surface area contributed by atoms with Crippen molar-refractivity contribution in [3.63, 3.8) is 0 Å². The Hall–Kier alpha value is -0.803. The van der Waals surface area contributed by atoms with Crippen LogP contribution in [0, 0.1) is 12.8 Å². The highest BCUT2D eigenvalue weighted by Gasteiger charge is 2.27. The first kappa shape index (κ1) is 15.3. The predicted molar refractivity (Wildman–Crippen MR) is 79.3 cm³/mol. The van der Waals surface area contributed by atoms with Gasteiger partial charge in [0.25, 0.3) is 0 Å². The molecule has 0 spiro atoms. The van der Waals surface area contributed by atoms with E-state index in [4.69, 9.17) is 8.85 Å². The van der Waals surface area contributed by atoms with Crippen LogP contribution in [0.15, 0.2) is 24.3 Å². The predicted octanol–water partition coefficient (Wildman–Crippen LogP) is 4.53. The highest BCUT2D eigenvalue weighted by molar-refractivity contribution is 6.65. The monoisotopic (exact) mass is 266 g/mol. The molecule has 0 unspecified atom stereocenters. The average molecular weight is 266 g/mol. The third-order valence-electron chi connectivity index (χ3n) is 2.82. The van der Waals surface area contributed by atoms with Gasteiger partial charge in [0.1, 0.15) is 5.75 Å². The standard InChI is InChI=1S/C15H26O2Si/c1-13(2)9-8-12-16-18(4,5)17-15-11-7-6-10-14(15)3/h6-7,10-11,13H,8-9,12H2,1-5H3. The summed E-state index contributed by atoms with van der Waals surface area (Å²) in [7, 11) is -2.05. The van der Waals surface area contributed by atoms with Crippen LogP contribution in [0.5, 0.6) is 5.75 Å². The van der Waals surface area contributed by atoms with E-state index in [9.17, 15) is 0 Å². The second-order valence-corrected chi connectivity index (χ2v) is 8.94. The van der Waals surface area contributed by atoms with Crippen molar-refractivity contribution >= 4 is 8.56 Å². The largest absolute Gasteiger partial charge is 0.520 e. The molecule has 0 bridgehead atoms. The Labute approximate surface area is 113 Å². The fourth-order valence-electron chi connectivity index (χ4n) is 1.77. The molecule has 0 saturated heterocycles. The molecule has 0 aliphatic heterocycles. The van der Waals surface area contributed by atoms with Crippen LogP contribution in [0.3, 0.4) is 0 Å². The summed E-state index contributed by atoms with van der Waals surface area (Å²) in [6, 6.07) is 8.12. The lowest BCUT2D eigenvalue weighted by Crippen LogP contribution is -2.38. The van der Waals surface area contributed by atoms with Gasteiger partial charge < -0.3 is 8.85 Å². The highest BCUT2D eigenvalue weighted by atomic mass is 28.4. The van der Waals surface area contributed by atoms with Crippen molar-refractivity contribution in [1.82, 2.24) is 0 Å². The van der Waals surface area contributed by atoms with Gasteiger partial charge >= 0.3 is 8.56 Å². The van der Waals surface area contributed by atoms with Crippen molar-refractivity contribution in [3.8, 4) is 5.75 Å². The van der Waals surface area contributed by atoms with E-state index in [0.29, 0.717) is 0 Å². The number of hydrogen-bond donors (Lipinski definition) is 0. The van der Waals surface area contributed by atoms with Crippen LogP contribution < -0.4 is 4.43 Å². The summed E-state index contributed by atoms with van der Waals surface area (Å²) in [5.74, 6) is 1.70. The molecule has 1 aromatic carbocycles. The summed E-state index contributed by atoms with van der Waals surface area (Å²) in [6.45, 7) is 11.6. The maximum atomic E-state index is 6.06. The van der Waals surface area contributed by atoms with Gasteiger partial charge in [0.05, 0.1) is 0 Å². The van der Waals surface area contributed by atoms with Crippen LogP contribution in [0.1, 0.15) is 32.3 Å². The fourth-order valence-corrected chi connectivity index (χ4v) is 3.23. The smallest absolute Gasteiger partial charge is 0.392 e. The zero-order valence-electron chi connectivity index (χ0n) is 12.3. The molecule has 0 amide bonds. The number of aryl methyl sites for hydroxylation is 1. The quantitative estimate of drug-likeness (QED) is 0.533. The number of hydrogen-bond acceptors (Lipinski definition) is 2. The molecule has 0 aromatic heterocycles. The highest BCUT2D eigenvalue weighted by Crippen LogP contribution is 2.21. The molecule has 0 aliphatic rings. The Kier molecular flexibility index (Phi) is 5.89. The lowest BCUT2D eigenvalue weighted by molar-refractivity contribution is 0.236. The van der Waals surface area contributed by atoms with E-state index in [0.717, 1.165) is 24.7 Å². The van der Waals surface area contributed by atoms with Crippen LogP contribution in [-0.4, -0.2) is 15.2 Å². The fraction of sp³-hybridized carbons (Fsp3) is 0.600. The van der Waals surface area contributed by atoms with E-state index in [-0.39, 0.29) is 0 Å². The molecule has 3 heteroatoms. The number of rotatable bonds is 7. The van der Waals surface area contributed by atoms with Crippen molar-refractivity contribution in [2.45, 2.75) is 46.7 Å². The third kappa shape index (κ3) is 5.69. The van der Waals surface area contributed by atoms with Crippen molar-refractivity contribution < 1.29 is 8.85 Å². The summed E-state index contributed by atoms with van der Waals surface area (Å²) in [5.41, 5.74) is 1.17. The van der Waals surface area contributed by atoms with Crippen molar-refractivity contribution in [3.05, 3.63) is 29.8 Å². The molecule has 2 nitrogen and oxygen atoms in total. The molecule has 0 saturated carbocycles. The van der Waals surface area contributed by atoms with Crippen molar-refractivity contribution in [2.75, 3.05) is 6.61 Å². The van der Waals surface area contributed by atoms with Gasteiger partial charge in [-0.15, -0.1) is 0 Å². The number of benzene rings is 1. The minimum Gasteiger partial charge on any atom is -0.520 e. The van der Waals surface area contributed by atoms with E-state index < -0.39 is 8.56 Å². The third-order valence-corrected chi connectivity index (χ3v) is 4.44. The summed E-state index contributed by atoms with van der Waals surface area (Å²) >= 11 is 0. The zero-order valence-corrected chi connectivity index (χ0v) is 13.3. The first-order valence-electron chi connectivity index (χ1n) is 6.79. The van der Waals surface area contributed by atoms with Crippen molar-refractivity contribution in [2.24, 2.45) is 5.92 Å². The van der Waals surface area contributed by atoms with Gasteiger partial charge in [-0.3, -0.25) is 0 Å². The second-order valence-electron chi connectivity index (χ2n) is 5.65. The summed E-state index contributed by atoms with van der Waals surface area (Å²) in [4.78, 5) is 0. The van der Waals surface area contributed by atoms with Crippen LogP contribution in [0.2, 0.25) is 13.1 Å². The Morgan fingerprint density at radius 3 is 2.44 bits per heavy atom. The Bertz CT molecular complexity index is 361. The molecule has 0 N–H and O–H groups in total. The molecule has 0 radical (unpaired) electrons. The Morgan fingerprint density at radius 2 is 1.83 bits per heavy atom. The molecule has 0 atom stereocenters. The molecule has 18 heavy (non-hydrogen) atoms.